The van der Waals surface area contributed by atoms with Gasteiger partial charge in [0, 0.05) is 89.3 Å². The number of phenols is 4. The summed E-state index contributed by atoms with van der Waals surface area (Å²) in [4.78, 5) is 49.1. The van der Waals surface area contributed by atoms with E-state index in [-0.39, 0.29) is 72.3 Å². The van der Waals surface area contributed by atoms with E-state index in [4.69, 9.17) is 72.5 Å². The van der Waals surface area contributed by atoms with Gasteiger partial charge in [0.1, 0.15) is 69.1 Å². The summed E-state index contributed by atoms with van der Waals surface area (Å²) in [6, 6.07) is 31.0. The van der Waals surface area contributed by atoms with Crippen LogP contribution in [0, 0.1) is 0 Å². The van der Waals surface area contributed by atoms with Gasteiger partial charge in [0.2, 0.25) is 0 Å². The molecule has 0 aromatic heterocycles. The monoisotopic (exact) mass is 2470 g/mol. The van der Waals surface area contributed by atoms with Crippen LogP contribution in [0.15, 0.2) is 125 Å². The SMILES string of the molecule is BrB(Br)Br.C.CC(C)(C)OC(=O)OC(=O)OC(C)(C)C.CCCC1OCCc2c(Br)ccc(O)c21.CN(CC1OCCc2c(Br)ccc(O)c21)C(=O)OC(C)(C)C.CN(CC1OCCc2cccc(O)c21)C(=O)OC(C)(C)C.CNCC(OC)OC.COc1ccc(Br)c(CCO)c1.COc1cccc(CCO)c1.O=S(=O)(OS(=O)(=O)C(F)(F)F)C(F)(F)F.OCCc1cc(O)ccc1Br.[B]=NS. The third-order valence-corrected chi connectivity index (χ3v) is 22.3. The van der Waals surface area contributed by atoms with Gasteiger partial charge >= 0.3 is 83.7 Å². The Morgan fingerprint density at radius 1 is 0.536 bits per heavy atom. The first-order valence-corrected chi connectivity index (χ1v) is 50.4. The number of likely N-dealkylation sites (N-methyl/N-ethyl adjacent to an activating group) is 3. The van der Waals surface area contributed by atoms with Crippen LogP contribution in [-0.2, 0) is 110 Å². The predicted molar refractivity (Wildman–Crippen MR) is 544 cm³/mol. The summed E-state index contributed by atoms with van der Waals surface area (Å²) in [5, 5.41) is 68.1. The topological polar surface area (TPSA) is 429 Å². The van der Waals surface area contributed by atoms with Gasteiger partial charge in [-0.2, -0.15) is 43.2 Å². The first kappa shape index (κ1) is 136. The third kappa shape index (κ3) is 57.0. The molecule has 3 atom stereocenters. The Morgan fingerprint density at radius 2 is 0.899 bits per heavy atom. The van der Waals surface area contributed by atoms with E-state index in [1.165, 1.54) is 15.4 Å². The number of carbonyl (C=O) groups is 4. The molecule has 0 spiro atoms. The molecule has 8 N–H and O–H groups in total. The number of alkyl halides is 6. The number of aliphatic hydroxyl groups is 3. The molecule has 3 aliphatic rings. The molecule has 9 rings (SSSR count). The zero-order valence-electron chi connectivity index (χ0n) is 79.5. The number of fused-ring (bicyclic) bond motifs is 3. The Labute approximate surface area is 871 Å². The van der Waals surface area contributed by atoms with Crippen molar-refractivity contribution >= 4 is 179 Å². The maximum atomic E-state index is 12.1. The average Bonchev–Trinajstić information content (AvgIpc) is 0.774. The van der Waals surface area contributed by atoms with Crippen LogP contribution < -0.4 is 14.8 Å². The van der Waals surface area contributed by atoms with Crippen LogP contribution in [0.2, 0.25) is 0 Å². The summed E-state index contributed by atoms with van der Waals surface area (Å²) in [6.07, 6.45) is 2.68. The van der Waals surface area contributed by atoms with Crippen molar-refractivity contribution < 1.29 is 159 Å². The fourth-order valence-corrected chi connectivity index (χ4v) is 14.5. The van der Waals surface area contributed by atoms with Gasteiger partial charge in [0.05, 0.1) is 53.2 Å². The number of nitrogens with zero attached hydrogens (tertiary/aromatic N) is 3. The average molecular weight is 2480 g/mol. The molecular weight excluding hydrogens is 2350 g/mol. The third-order valence-electron chi connectivity index (χ3n) is 16.7. The number of benzene rings is 6. The molecular formula is C88H128B2Br7F6N4O28S3. The molecule has 6 aromatic carbocycles. The molecule has 6 aromatic rings. The summed E-state index contributed by atoms with van der Waals surface area (Å²) in [5.41, 5.74) is -6.06. The van der Waals surface area contributed by atoms with Crippen molar-refractivity contribution in [1.82, 2.24) is 15.1 Å². The van der Waals surface area contributed by atoms with Crippen LogP contribution in [0.25, 0.3) is 0 Å². The Balaban J connectivity index is -0.00000149. The number of methoxy groups -OCH3 is 4. The number of carbonyl (C=O) groups excluding carboxylic acids is 4. The predicted octanol–water partition coefficient (Wildman–Crippen LogP) is 21.4. The van der Waals surface area contributed by atoms with Crippen molar-refractivity contribution in [3.8, 4) is 34.5 Å². The van der Waals surface area contributed by atoms with Crippen LogP contribution in [0.1, 0.15) is 179 Å². The number of halogens is 13. The first-order valence-electron chi connectivity index (χ1n) is 41.2. The second kappa shape index (κ2) is 67.7. The van der Waals surface area contributed by atoms with E-state index in [1.807, 2.05) is 119 Å². The molecule has 0 saturated carbocycles. The maximum absolute atomic E-state index is 12.1. The Hall–Kier alpha value is -5.88. The minimum atomic E-state index is -6.85. The van der Waals surface area contributed by atoms with Gasteiger partial charge in [-0.3, -0.25) is 0 Å². The normalized spacial score (nSPS) is 14.0. The van der Waals surface area contributed by atoms with Gasteiger partial charge in [0.15, 0.2) is 6.29 Å². The van der Waals surface area contributed by atoms with E-state index < -0.39 is 78.2 Å². The Morgan fingerprint density at radius 3 is 1.28 bits per heavy atom. The Kier molecular flexibility index (Phi) is 66.8. The summed E-state index contributed by atoms with van der Waals surface area (Å²) < 4.78 is 178. The summed E-state index contributed by atoms with van der Waals surface area (Å²) in [5.74, 6) is 2.68. The van der Waals surface area contributed by atoms with Gasteiger partial charge < -0.3 is 108 Å². The van der Waals surface area contributed by atoms with Crippen molar-refractivity contribution in [3.05, 3.63) is 171 Å². The van der Waals surface area contributed by atoms with Gasteiger partial charge in [-0.05, 0) is 247 Å². The molecule has 3 aliphatic heterocycles. The molecule has 3 unspecified atom stereocenters. The fraction of sp³-hybridized carbons (Fsp3) is 0.545. The number of phenolic OH excluding ortho intramolecular Hbond substituents is 4. The molecule has 0 saturated heterocycles. The first-order chi connectivity index (χ1) is 63.3. The molecule has 0 aliphatic carbocycles. The van der Waals surface area contributed by atoms with Gasteiger partial charge in [-0.25, -0.2) is 19.2 Å². The van der Waals surface area contributed by atoms with Gasteiger partial charge in [0.25, 0.3) is 0 Å². The van der Waals surface area contributed by atoms with Gasteiger partial charge in [-0.1, -0.05) is 109 Å². The molecule has 3 heterocycles. The number of aliphatic hydroxyl groups excluding tert-OH is 3. The van der Waals surface area contributed by atoms with E-state index in [0.717, 1.165) is 119 Å². The molecule has 0 fully saturated rings. The van der Waals surface area contributed by atoms with Crippen LogP contribution >= 0.6 is 124 Å². The molecule has 2 amide bonds. The van der Waals surface area contributed by atoms with Crippen LogP contribution in [0.4, 0.5) is 45.5 Å². The fourth-order valence-electron chi connectivity index (χ4n) is 11.0. The van der Waals surface area contributed by atoms with E-state index in [0.29, 0.717) is 51.3 Å². The summed E-state index contributed by atoms with van der Waals surface area (Å²) >= 11 is 26.2. The molecule has 32 nitrogen and oxygen atoms in total. The van der Waals surface area contributed by atoms with Gasteiger partial charge in [-0.15, -0.1) is 50.9 Å². The minimum absolute atomic E-state index is 0. The quantitative estimate of drug-likeness (QED) is 0.00501. The summed E-state index contributed by atoms with van der Waals surface area (Å²) in [7, 11) is 2.34. The zero-order valence-corrected chi connectivity index (χ0v) is 93.2. The molecule has 138 heavy (non-hydrogen) atoms. The van der Waals surface area contributed by atoms with Crippen molar-refractivity contribution in [3.63, 3.8) is 0 Å². The van der Waals surface area contributed by atoms with Crippen LogP contribution in [0.3, 0.4) is 0 Å². The van der Waals surface area contributed by atoms with Crippen molar-refractivity contribution in [2.45, 2.75) is 207 Å². The standard InChI is InChI=1S/C16H22BrNO4.C16H23NO4.C12H15BrO2.C10H18O5.C9H11BrO2.C9H12O2.C8H9BrO2.C5H13NO2.C2F6O5S2.CH4.BBr3.BHNS/c1-16(2,3)22-15(20)18(4)9-13-14-10(7-8-21-13)11(17)5-6-12(14)19;1-16(2,3)21-15(19)17(4)10-13-14-11(8-9-20-13)6-5-7-12(14)18;1-2-3-11-12-8(6-7-15-11)9(13)4-5-10(12)14;1-9(2,3)14-7(11)13-8(12)15-10(4,5)6;1-12-8-2-3-9(10)7(6-8)4-5-11;1-11-9-4-2-3-8(7-9)5-6-10;9-8-2-1-7(11)5-6(8)3-4-10;1-6-4-5(7-2)8-3;3-1(4,5)14(9,10)13-15(11,12)2(6,7)8;;2-1(3)4;1-2-3/h5-6,13,19H,7-9H2,1-4H3;5-7,13,18H,8-10H2,1-4H3;4-5,11,14H,2-3,6-7H2,1H3;1-6H3;2-3,6,11H,4-5H2,1H3;2-4,7,10H,5-6H2,1H3;1-2,5,10-11H,3-4H2;5-6H,4H2,1-3H3;;1H4;;3H. The second-order valence-electron chi connectivity index (χ2n) is 32.3. The summed E-state index contributed by atoms with van der Waals surface area (Å²) in [6.45, 7) is 26.9. The molecule has 50 heteroatoms. The molecule has 1 radical (unpaired) electrons. The van der Waals surface area contributed by atoms with Crippen LogP contribution in [-0.4, -0.2) is 246 Å². The van der Waals surface area contributed by atoms with Crippen molar-refractivity contribution in [2.24, 2.45) is 4.30 Å². The number of thiol groups is 1. The number of aromatic hydroxyl groups is 4. The van der Waals surface area contributed by atoms with E-state index >= 15 is 0 Å². The van der Waals surface area contributed by atoms with E-state index in [1.54, 1.807) is 120 Å². The zero-order chi connectivity index (χ0) is 106. The van der Waals surface area contributed by atoms with E-state index in [9.17, 15) is 77.7 Å². The number of nitrogens with one attached hydrogen (secondary N) is 1. The van der Waals surface area contributed by atoms with Crippen molar-refractivity contribution in [1.29, 1.82) is 0 Å². The second-order valence-corrected chi connectivity index (χ2v) is 45.7. The number of hydrogen-bond acceptors (Lipinski definition) is 31. The van der Waals surface area contributed by atoms with Crippen LogP contribution in [0.5, 0.6) is 34.5 Å². The number of ether oxygens (including phenoxy) is 12. The van der Waals surface area contributed by atoms with Crippen molar-refractivity contribution in [2.75, 3.05) is 109 Å². The number of amides is 2. The molecule has 0 bridgehead atoms. The Bertz CT molecular complexity index is 4780. The number of hydrogen-bond donors (Lipinski definition) is 9. The molecule has 783 valence electrons. The van der Waals surface area contributed by atoms with E-state index in [2.05, 4.69) is 153 Å². The number of rotatable bonds is 20.